The first-order valence-corrected chi connectivity index (χ1v) is 6.71. The van der Waals surface area contributed by atoms with Crippen molar-refractivity contribution in [2.45, 2.75) is 20.8 Å². The number of rotatable bonds is 6. The summed E-state index contributed by atoms with van der Waals surface area (Å²) >= 11 is 5.93. The van der Waals surface area contributed by atoms with Crippen LogP contribution >= 0.6 is 24.0 Å². The van der Waals surface area contributed by atoms with E-state index in [0.29, 0.717) is 10.9 Å². The topological polar surface area (TPSA) is 41.6 Å². The molecule has 6 heteroatoms. The lowest BCUT2D eigenvalue weighted by Crippen LogP contribution is -2.33. The van der Waals surface area contributed by atoms with Gasteiger partial charge in [0.15, 0.2) is 0 Å². The molecule has 0 atom stereocenters. The number of carbonyl (C=O) groups excluding carboxylic acids is 1. The quantitative estimate of drug-likeness (QED) is 0.585. The second-order valence-corrected chi connectivity index (χ2v) is 4.64. The van der Waals surface area contributed by atoms with Gasteiger partial charge >= 0.3 is 5.30 Å². The Bertz CT molecular complexity index is 221. The van der Waals surface area contributed by atoms with E-state index in [0.717, 1.165) is 37.9 Å². The van der Waals surface area contributed by atoms with Crippen molar-refractivity contribution in [1.82, 2.24) is 10.2 Å². The zero-order valence-electron chi connectivity index (χ0n) is 10.1. The largest absolute Gasteiger partial charge is 0.458 e. The number of nitrogens with zero attached hydrogens (tertiary/aromatic N) is 1. The van der Waals surface area contributed by atoms with Crippen LogP contribution in [0, 0.1) is 0 Å². The van der Waals surface area contributed by atoms with Gasteiger partial charge in [0.25, 0.3) is 0 Å². The molecule has 4 nitrogen and oxygen atoms in total. The molecule has 0 unspecified atom stereocenters. The molecule has 0 saturated heterocycles. The zero-order valence-corrected chi connectivity index (χ0v) is 11.7. The molecule has 0 amide bonds. The minimum absolute atomic E-state index is 0.345. The van der Waals surface area contributed by atoms with Crippen LogP contribution in [0.3, 0.4) is 0 Å². The van der Waals surface area contributed by atoms with E-state index in [9.17, 15) is 4.79 Å². The van der Waals surface area contributed by atoms with Crippen LogP contribution in [0.4, 0.5) is 4.79 Å². The Kier molecular flexibility index (Phi) is 9.66. The Morgan fingerprint density at radius 1 is 1.38 bits per heavy atom. The monoisotopic (exact) mass is 264 g/mol. The number of ether oxygens (including phenoxy) is 1. The third-order valence-electron chi connectivity index (χ3n) is 2.03. The smallest absolute Gasteiger partial charge is 0.374 e. The van der Waals surface area contributed by atoms with Gasteiger partial charge in [-0.25, -0.2) is 4.79 Å². The van der Waals surface area contributed by atoms with Gasteiger partial charge in [-0.3, -0.25) is 0 Å². The molecule has 94 valence electrons. The van der Waals surface area contributed by atoms with Crippen LogP contribution in [0.5, 0.6) is 0 Å². The van der Waals surface area contributed by atoms with Crippen molar-refractivity contribution >= 4 is 33.6 Å². The average Bonchev–Trinajstić information content (AvgIpc) is 2.24. The maximum atomic E-state index is 11.1. The highest BCUT2D eigenvalue weighted by molar-refractivity contribution is 8.32. The highest BCUT2D eigenvalue weighted by Gasteiger charge is 2.07. The standard InChI is InChI=1S/C10H20N2O2S2/c1-4-12(5-2)8-7-11-9(15)16-10(13)14-6-3/h4-8H2,1-3H3,(H,11,15). The first kappa shape index (κ1) is 15.7. The number of thioether (sulfide) groups is 1. The molecule has 0 aliphatic carbocycles. The summed E-state index contributed by atoms with van der Waals surface area (Å²) in [5, 5.41) is 2.68. The molecule has 0 radical (unpaired) electrons. The van der Waals surface area contributed by atoms with Crippen molar-refractivity contribution in [2.24, 2.45) is 0 Å². The Morgan fingerprint density at radius 3 is 2.50 bits per heavy atom. The van der Waals surface area contributed by atoms with Crippen LogP contribution < -0.4 is 5.32 Å². The summed E-state index contributed by atoms with van der Waals surface area (Å²) in [4.78, 5) is 13.3. The van der Waals surface area contributed by atoms with Crippen molar-refractivity contribution in [3.63, 3.8) is 0 Å². The summed E-state index contributed by atoms with van der Waals surface area (Å²) in [6.07, 6.45) is 0. The summed E-state index contributed by atoms with van der Waals surface area (Å²) in [6.45, 7) is 10.1. The third kappa shape index (κ3) is 7.90. The van der Waals surface area contributed by atoms with E-state index in [1.165, 1.54) is 0 Å². The Morgan fingerprint density at radius 2 is 2.00 bits per heavy atom. The van der Waals surface area contributed by atoms with E-state index >= 15 is 0 Å². The molecular formula is C10H20N2O2S2. The fourth-order valence-electron chi connectivity index (χ4n) is 1.11. The highest BCUT2D eigenvalue weighted by Crippen LogP contribution is 2.06. The van der Waals surface area contributed by atoms with Crippen LogP contribution in [-0.2, 0) is 4.74 Å². The number of hydrogen-bond donors (Lipinski definition) is 1. The molecule has 0 fully saturated rings. The fourth-order valence-corrected chi connectivity index (χ4v) is 1.92. The Hall–Kier alpha value is -0.330. The van der Waals surface area contributed by atoms with E-state index in [4.69, 9.17) is 17.0 Å². The van der Waals surface area contributed by atoms with Crippen molar-refractivity contribution in [1.29, 1.82) is 0 Å². The average molecular weight is 264 g/mol. The van der Waals surface area contributed by atoms with E-state index in [2.05, 4.69) is 24.1 Å². The molecule has 0 aromatic rings. The van der Waals surface area contributed by atoms with Crippen LogP contribution in [-0.4, -0.2) is 47.3 Å². The van der Waals surface area contributed by atoms with Crippen molar-refractivity contribution in [2.75, 3.05) is 32.8 Å². The number of likely N-dealkylation sites (N-methyl/N-ethyl adjacent to an activating group) is 1. The lowest BCUT2D eigenvalue weighted by atomic mass is 10.5. The molecule has 0 heterocycles. The predicted molar refractivity (Wildman–Crippen MR) is 73.0 cm³/mol. The molecule has 0 aromatic carbocycles. The van der Waals surface area contributed by atoms with Gasteiger partial charge in [-0.05, 0) is 20.0 Å². The normalized spacial score (nSPS) is 10.2. The molecule has 0 spiro atoms. The molecule has 16 heavy (non-hydrogen) atoms. The molecule has 0 aromatic heterocycles. The van der Waals surface area contributed by atoms with Crippen molar-refractivity contribution < 1.29 is 9.53 Å². The van der Waals surface area contributed by atoms with Gasteiger partial charge in [-0.2, -0.15) is 0 Å². The number of nitrogens with one attached hydrogen (secondary N) is 1. The fraction of sp³-hybridized carbons (Fsp3) is 0.800. The molecule has 0 aliphatic rings. The van der Waals surface area contributed by atoms with Gasteiger partial charge in [-0.15, -0.1) is 0 Å². The van der Waals surface area contributed by atoms with Gasteiger partial charge in [0.05, 0.1) is 6.61 Å². The van der Waals surface area contributed by atoms with Crippen LogP contribution in [0.25, 0.3) is 0 Å². The minimum atomic E-state index is -0.345. The molecule has 0 bridgehead atoms. The van der Waals surface area contributed by atoms with Crippen LogP contribution in [0.1, 0.15) is 20.8 Å². The van der Waals surface area contributed by atoms with Gasteiger partial charge in [0.2, 0.25) is 0 Å². The van der Waals surface area contributed by atoms with Gasteiger partial charge in [0, 0.05) is 24.9 Å². The van der Waals surface area contributed by atoms with Gasteiger partial charge in [0.1, 0.15) is 4.32 Å². The van der Waals surface area contributed by atoms with E-state index in [1.807, 2.05) is 0 Å². The maximum Gasteiger partial charge on any atom is 0.374 e. The van der Waals surface area contributed by atoms with Gasteiger partial charge in [-0.1, -0.05) is 26.1 Å². The number of thiocarbonyl (C=S) groups is 1. The summed E-state index contributed by atoms with van der Waals surface area (Å²) in [5.41, 5.74) is 0. The summed E-state index contributed by atoms with van der Waals surface area (Å²) in [5.74, 6) is 0. The first-order valence-electron chi connectivity index (χ1n) is 5.48. The van der Waals surface area contributed by atoms with E-state index in [1.54, 1.807) is 6.92 Å². The van der Waals surface area contributed by atoms with E-state index in [-0.39, 0.29) is 5.30 Å². The molecule has 0 rings (SSSR count). The number of hydrogen-bond acceptors (Lipinski definition) is 5. The minimum Gasteiger partial charge on any atom is -0.458 e. The second kappa shape index (κ2) is 9.86. The van der Waals surface area contributed by atoms with Crippen molar-refractivity contribution in [3.8, 4) is 0 Å². The summed E-state index contributed by atoms with van der Waals surface area (Å²) < 4.78 is 5.25. The van der Waals surface area contributed by atoms with Crippen LogP contribution in [0.2, 0.25) is 0 Å². The molecule has 0 aliphatic heterocycles. The lowest BCUT2D eigenvalue weighted by molar-refractivity contribution is 0.182. The molecule has 1 N–H and O–H groups in total. The zero-order chi connectivity index (χ0) is 12.4. The third-order valence-corrected chi connectivity index (χ3v) is 3.04. The second-order valence-electron chi connectivity index (χ2n) is 3.03. The summed E-state index contributed by atoms with van der Waals surface area (Å²) in [6, 6.07) is 0. The number of carbonyl (C=O) groups is 1. The molecule has 0 saturated carbocycles. The van der Waals surface area contributed by atoms with E-state index < -0.39 is 0 Å². The predicted octanol–water partition coefficient (Wildman–Crippen LogP) is 2.09. The Labute approximate surface area is 107 Å². The summed E-state index contributed by atoms with van der Waals surface area (Å²) in [7, 11) is 0. The van der Waals surface area contributed by atoms with Crippen LogP contribution in [0.15, 0.2) is 0 Å². The Balaban J connectivity index is 3.61. The highest BCUT2D eigenvalue weighted by atomic mass is 32.2. The SMILES string of the molecule is CCOC(=O)SC(=S)NCCN(CC)CC. The first-order chi connectivity index (χ1) is 7.63. The van der Waals surface area contributed by atoms with Gasteiger partial charge < -0.3 is 15.0 Å². The van der Waals surface area contributed by atoms with Crippen molar-refractivity contribution in [3.05, 3.63) is 0 Å². The maximum absolute atomic E-state index is 11.1. The lowest BCUT2D eigenvalue weighted by Gasteiger charge is -2.18. The molecular weight excluding hydrogens is 244 g/mol.